The second kappa shape index (κ2) is 10.5. The van der Waals surface area contributed by atoms with Gasteiger partial charge >= 0.3 is 0 Å². The molecule has 0 radical (unpaired) electrons. The van der Waals surface area contributed by atoms with Crippen LogP contribution in [0.3, 0.4) is 0 Å². The molecule has 0 unspecified atom stereocenters. The van der Waals surface area contributed by atoms with Gasteiger partial charge in [0.15, 0.2) is 5.82 Å². The Hall–Kier alpha value is -3.51. The number of aryl methyl sites for hydroxylation is 1. The van der Waals surface area contributed by atoms with Crippen molar-refractivity contribution in [2.45, 2.75) is 19.3 Å². The van der Waals surface area contributed by atoms with Crippen molar-refractivity contribution in [2.75, 3.05) is 6.61 Å². The predicted molar refractivity (Wildman–Crippen MR) is 126 cm³/mol. The molecule has 0 saturated carbocycles. The molecular weight excluding hydrogens is 404 g/mol. The van der Waals surface area contributed by atoms with Gasteiger partial charge in [0.05, 0.1) is 12.8 Å². The second-order valence-corrected chi connectivity index (χ2v) is 7.56. The topological polar surface area (TPSA) is 55.2 Å². The maximum Gasteiger partial charge on any atom is 0.216 e. The van der Waals surface area contributed by atoms with Crippen LogP contribution >= 0.6 is 12.2 Å². The first-order chi connectivity index (χ1) is 15.3. The van der Waals surface area contributed by atoms with Crippen molar-refractivity contribution in [3.63, 3.8) is 0 Å². The zero-order valence-corrected chi connectivity index (χ0v) is 18.0. The molecule has 1 N–H and O–H groups in total. The fourth-order valence-corrected chi connectivity index (χ4v) is 3.42. The molecule has 0 saturated heterocycles. The van der Waals surface area contributed by atoms with Gasteiger partial charge in [-0.2, -0.15) is 14.9 Å². The van der Waals surface area contributed by atoms with Gasteiger partial charge in [0.2, 0.25) is 4.77 Å². The highest BCUT2D eigenvalue weighted by Crippen LogP contribution is 2.13. The average molecular weight is 429 g/mol. The summed E-state index contributed by atoms with van der Waals surface area (Å²) in [4.78, 5) is 0. The van der Waals surface area contributed by atoms with Crippen molar-refractivity contribution in [3.05, 3.63) is 112 Å². The Labute approximate surface area is 187 Å². The van der Waals surface area contributed by atoms with E-state index >= 15 is 0 Å². The van der Waals surface area contributed by atoms with E-state index in [-0.39, 0.29) is 0 Å². The molecule has 0 spiro atoms. The third kappa shape index (κ3) is 5.99. The summed E-state index contributed by atoms with van der Waals surface area (Å²) in [7, 11) is 0. The highest BCUT2D eigenvalue weighted by Gasteiger charge is 2.06. The van der Waals surface area contributed by atoms with E-state index in [0.29, 0.717) is 17.8 Å². The summed E-state index contributed by atoms with van der Waals surface area (Å²) in [6.07, 6.45) is 4.43. The van der Waals surface area contributed by atoms with Gasteiger partial charge in [-0.25, -0.2) is 0 Å². The third-order valence-corrected chi connectivity index (χ3v) is 5.11. The highest BCUT2D eigenvalue weighted by molar-refractivity contribution is 7.71. The second-order valence-electron chi connectivity index (χ2n) is 7.17. The number of ether oxygens (including phenoxy) is 1. The van der Waals surface area contributed by atoms with E-state index in [1.807, 2.05) is 48.5 Å². The molecule has 0 aliphatic rings. The third-order valence-electron chi connectivity index (χ3n) is 4.85. The van der Waals surface area contributed by atoms with Crippen molar-refractivity contribution >= 4 is 18.4 Å². The van der Waals surface area contributed by atoms with E-state index in [4.69, 9.17) is 17.0 Å². The molecule has 4 rings (SSSR count). The summed E-state index contributed by atoms with van der Waals surface area (Å²) in [5.74, 6) is 1.63. The fourth-order valence-electron chi connectivity index (χ4n) is 3.22. The van der Waals surface area contributed by atoms with Crippen molar-refractivity contribution < 1.29 is 4.74 Å². The number of nitrogens with zero attached hydrogens (tertiary/aromatic N) is 3. The minimum atomic E-state index is 0.473. The normalized spacial score (nSPS) is 11.1. The van der Waals surface area contributed by atoms with Crippen molar-refractivity contribution in [1.82, 2.24) is 14.9 Å². The van der Waals surface area contributed by atoms with Crippen LogP contribution in [0.1, 0.15) is 28.9 Å². The number of hydrogen-bond donors (Lipinski definition) is 1. The van der Waals surface area contributed by atoms with Gasteiger partial charge < -0.3 is 4.74 Å². The SMILES string of the molecule is S=c1[nH]nc(Cc2ccccc2)n1/N=C\c1ccc(OCCCc2ccccc2)cc1. The molecule has 31 heavy (non-hydrogen) atoms. The Kier molecular flexibility index (Phi) is 7.03. The van der Waals surface area contributed by atoms with Crippen LogP contribution in [-0.2, 0) is 12.8 Å². The minimum absolute atomic E-state index is 0.473. The number of benzene rings is 3. The van der Waals surface area contributed by atoms with Gasteiger partial charge in [0, 0.05) is 6.42 Å². The number of aromatic amines is 1. The van der Waals surface area contributed by atoms with Crippen LogP contribution in [-0.4, -0.2) is 27.7 Å². The van der Waals surface area contributed by atoms with Crippen LogP contribution in [0.2, 0.25) is 0 Å². The first kappa shape index (κ1) is 20.8. The summed E-state index contributed by atoms with van der Waals surface area (Å²) in [6, 6.07) is 28.5. The largest absolute Gasteiger partial charge is 0.494 e. The fraction of sp³-hybridized carbons (Fsp3) is 0.160. The first-order valence-corrected chi connectivity index (χ1v) is 10.7. The van der Waals surface area contributed by atoms with E-state index in [1.165, 1.54) is 5.56 Å². The van der Waals surface area contributed by atoms with Gasteiger partial charge in [0.25, 0.3) is 0 Å². The maximum absolute atomic E-state index is 5.86. The van der Waals surface area contributed by atoms with Crippen LogP contribution in [0.15, 0.2) is 90.0 Å². The summed E-state index contributed by atoms with van der Waals surface area (Å²) in [5.41, 5.74) is 3.45. The molecule has 0 amide bonds. The highest BCUT2D eigenvalue weighted by atomic mass is 32.1. The molecule has 5 nitrogen and oxygen atoms in total. The number of rotatable bonds is 9. The first-order valence-electron chi connectivity index (χ1n) is 10.3. The molecular formula is C25H24N4OS. The number of hydrogen-bond acceptors (Lipinski definition) is 4. The molecule has 1 heterocycles. The smallest absolute Gasteiger partial charge is 0.216 e. The van der Waals surface area contributed by atoms with Gasteiger partial charge in [-0.1, -0.05) is 60.7 Å². The van der Waals surface area contributed by atoms with Crippen molar-refractivity contribution in [1.29, 1.82) is 0 Å². The zero-order chi connectivity index (χ0) is 21.3. The van der Waals surface area contributed by atoms with E-state index in [2.05, 4.69) is 51.7 Å². The molecule has 1 aromatic heterocycles. The molecule has 0 aliphatic carbocycles. The summed E-state index contributed by atoms with van der Waals surface area (Å²) in [6.45, 7) is 0.690. The molecule has 0 atom stereocenters. The maximum atomic E-state index is 5.86. The lowest BCUT2D eigenvalue weighted by Gasteiger charge is -2.06. The van der Waals surface area contributed by atoms with E-state index in [1.54, 1.807) is 10.9 Å². The lowest BCUT2D eigenvalue weighted by molar-refractivity contribution is 0.311. The quantitative estimate of drug-likeness (QED) is 0.220. The average Bonchev–Trinajstić information content (AvgIpc) is 3.16. The summed E-state index contributed by atoms with van der Waals surface area (Å²) in [5, 5.41) is 11.7. The van der Waals surface area contributed by atoms with Crippen LogP contribution in [0, 0.1) is 4.77 Å². The molecule has 0 fully saturated rings. The Morgan fingerprint density at radius 2 is 1.58 bits per heavy atom. The van der Waals surface area contributed by atoms with Crippen LogP contribution in [0.5, 0.6) is 5.75 Å². The molecule has 3 aromatic carbocycles. The predicted octanol–water partition coefficient (Wildman–Crippen LogP) is 5.43. The molecule has 0 bridgehead atoms. The Bertz CT molecular complexity index is 1170. The molecule has 156 valence electrons. The Morgan fingerprint density at radius 1 is 0.903 bits per heavy atom. The standard InChI is InChI=1S/C25H24N4OS/c31-25-28-27-24(18-21-10-5-2-6-11-21)29(25)26-19-22-13-15-23(16-14-22)30-17-7-12-20-8-3-1-4-9-20/h1-6,8-11,13-16,19H,7,12,17-18H2,(H,28,31)/b26-19-. The number of H-pyrrole nitrogens is 1. The number of nitrogens with one attached hydrogen (secondary N) is 1. The molecule has 4 aromatic rings. The lowest BCUT2D eigenvalue weighted by Crippen LogP contribution is -2.01. The van der Waals surface area contributed by atoms with Crippen molar-refractivity contribution in [3.8, 4) is 5.75 Å². The minimum Gasteiger partial charge on any atom is -0.494 e. The van der Waals surface area contributed by atoms with Crippen LogP contribution < -0.4 is 4.74 Å². The molecule has 6 heteroatoms. The van der Waals surface area contributed by atoms with Gasteiger partial charge in [-0.05, 0) is 66.0 Å². The lowest BCUT2D eigenvalue weighted by atomic mass is 10.1. The van der Waals surface area contributed by atoms with E-state index in [9.17, 15) is 0 Å². The van der Waals surface area contributed by atoms with Crippen LogP contribution in [0.4, 0.5) is 0 Å². The number of aromatic nitrogens is 3. The van der Waals surface area contributed by atoms with Gasteiger partial charge in [-0.15, -0.1) is 0 Å². The van der Waals surface area contributed by atoms with Crippen molar-refractivity contribution in [2.24, 2.45) is 5.10 Å². The van der Waals surface area contributed by atoms with Gasteiger partial charge in [-0.3, -0.25) is 5.10 Å². The van der Waals surface area contributed by atoms with E-state index < -0.39 is 0 Å². The molecule has 0 aliphatic heterocycles. The van der Waals surface area contributed by atoms with Gasteiger partial charge in [0.1, 0.15) is 5.75 Å². The van der Waals surface area contributed by atoms with Crippen LogP contribution in [0.25, 0.3) is 0 Å². The summed E-state index contributed by atoms with van der Waals surface area (Å²) >= 11 is 5.33. The Morgan fingerprint density at radius 3 is 2.29 bits per heavy atom. The zero-order valence-electron chi connectivity index (χ0n) is 17.1. The van der Waals surface area contributed by atoms with E-state index in [0.717, 1.165) is 35.5 Å². The summed E-state index contributed by atoms with van der Waals surface area (Å²) < 4.78 is 7.99. The Balaban J connectivity index is 1.33. The monoisotopic (exact) mass is 428 g/mol.